The third kappa shape index (κ3) is 2.26. The van der Waals surface area contributed by atoms with Gasteiger partial charge in [-0.15, -0.1) is 0 Å². The van der Waals surface area contributed by atoms with Crippen molar-refractivity contribution in [3.05, 3.63) is 17.7 Å². The molecule has 2 aliphatic rings. The fraction of sp³-hybridized carbons (Fsp3) is 0.643. The van der Waals surface area contributed by atoms with Crippen LogP contribution in [0.1, 0.15) is 26.2 Å². The largest absolute Gasteiger partial charge is 0.368 e. The number of anilines is 2. The molecule has 2 heterocycles. The van der Waals surface area contributed by atoms with Gasteiger partial charge in [0, 0.05) is 25.7 Å². The summed E-state index contributed by atoms with van der Waals surface area (Å²) in [6.45, 7) is 4.14. The van der Waals surface area contributed by atoms with Crippen molar-refractivity contribution in [2.75, 3.05) is 29.9 Å². The highest BCUT2D eigenvalue weighted by Gasteiger charge is 2.37. The van der Waals surface area contributed by atoms with Gasteiger partial charge in [-0.05, 0) is 31.6 Å². The minimum Gasteiger partial charge on any atom is -0.368 e. The summed E-state index contributed by atoms with van der Waals surface area (Å²) in [6, 6.07) is 0.939. The monoisotopic (exact) mass is 267 g/mol. The van der Waals surface area contributed by atoms with Crippen LogP contribution in [0.25, 0.3) is 0 Å². The van der Waals surface area contributed by atoms with Crippen molar-refractivity contribution in [1.29, 1.82) is 0 Å². The predicted octanol–water partition coefficient (Wildman–Crippen LogP) is 3.03. The van der Waals surface area contributed by atoms with Gasteiger partial charge in [-0.3, -0.25) is 0 Å². The van der Waals surface area contributed by atoms with Crippen molar-refractivity contribution in [3.63, 3.8) is 0 Å². The number of hydrogen-bond donors (Lipinski definition) is 1. The zero-order chi connectivity index (χ0) is 13.4. The maximum atomic E-state index is 13.9. The van der Waals surface area contributed by atoms with Crippen molar-refractivity contribution in [1.82, 2.24) is 4.98 Å². The molecule has 3 nitrogen and oxygen atoms in total. The molecule has 0 spiro atoms. The van der Waals surface area contributed by atoms with Gasteiger partial charge >= 0.3 is 0 Å². The maximum absolute atomic E-state index is 13.9. The number of rotatable bonds is 3. The van der Waals surface area contributed by atoms with Crippen LogP contribution in [-0.2, 0) is 0 Å². The number of pyridine rings is 1. The van der Waals surface area contributed by atoms with E-state index in [-0.39, 0.29) is 5.82 Å². The lowest BCUT2D eigenvalue weighted by Gasteiger charge is -2.20. The van der Waals surface area contributed by atoms with Gasteiger partial charge in [-0.1, -0.05) is 6.42 Å². The van der Waals surface area contributed by atoms with E-state index in [9.17, 15) is 8.78 Å². The summed E-state index contributed by atoms with van der Waals surface area (Å²) in [5, 5.41) is 2.84. The Morgan fingerprint density at radius 3 is 2.58 bits per heavy atom. The number of nitrogens with zero attached hydrogens (tertiary/aromatic N) is 2. The molecular formula is C14H19F2N3. The SMILES string of the molecule is CCNc1nc(N2CC3CCCC3C2)c(F)cc1F. The minimum absolute atomic E-state index is 0.149. The summed E-state index contributed by atoms with van der Waals surface area (Å²) in [5.74, 6) is 0.590. The molecule has 2 atom stereocenters. The van der Waals surface area contributed by atoms with Crippen LogP contribution in [0.15, 0.2) is 6.07 Å². The Morgan fingerprint density at radius 2 is 1.95 bits per heavy atom. The van der Waals surface area contributed by atoms with E-state index in [0.29, 0.717) is 24.2 Å². The van der Waals surface area contributed by atoms with Crippen molar-refractivity contribution in [2.45, 2.75) is 26.2 Å². The summed E-state index contributed by atoms with van der Waals surface area (Å²) >= 11 is 0. The topological polar surface area (TPSA) is 28.2 Å². The van der Waals surface area contributed by atoms with Crippen LogP contribution >= 0.6 is 0 Å². The average Bonchev–Trinajstić information content (AvgIpc) is 2.93. The second kappa shape index (κ2) is 4.94. The van der Waals surface area contributed by atoms with Gasteiger partial charge in [-0.25, -0.2) is 13.8 Å². The molecule has 1 saturated heterocycles. The van der Waals surface area contributed by atoms with Crippen LogP contribution in [0.4, 0.5) is 20.4 Å². The molecule has 2 unspecified atom stereocenters. The quantitative estimate of drug-likeness (QED) is 0.912. The van der Waals surface area contributed by atoms with E-state index >= 15 is 0 Å². The fourth-order valence-electron chi connectivity index (χ4n) is 3.38. The van der Waals surface area contributed by atoms with Gasteiger partial charge in [0.1, 0.15) is 0 Å². The van der Waals surface area contributed by atoms with E-state index < -0.39 is 11.6 Å². The summed E-state index contributed by atoms with van der Waals surface area (Å²) in [7, 11) is 0. The Labute approximate surface area is 112 Å². The van der Waals surface area contributed by atoms with E-state index in [0.717, 1.165) is 19.2 Å². The molecule has 0 aromatic carbocycles. The first-order valence-electron chi connectivity index (χ1n) is 7.04. The molecule has 5 heteroatoms. The van der Waals surface area contributed by atoms with Gasteiger partial charge in [0.05, 0.1) is 0 Å². The lowest BCUT2D eigenvalue weighted by molar-refractivity contribution is 0.494. The van der Waals surface area contributed by atoms with E-state index in [1.807, 2.05) is 11.8 Å². The molecule has 1 aliphatic carbocycles. The molecule has 1 N–H and O–H groups in total. The van der Waals surface area contributed by atoms with E-state index in [1.165, 1.54) is 19.3 Å². The summed E-state index contributed by atoms with van der Waals surface area (Å²) < 4.78 is 27.5. The molecule has 19 heavy (non-hydrogen) atoms. The fourth-order valence-corrected chi connectivity index (χ4v) is 3.38. The summed E-state index contributed by atoms with van der Waals surface area (Å²) in [5.41, 5.74) is 0. The Hall–Kier alpha value is -1.39. The Bertz CT molecular complexity index is 466. The van der Waals surface area contributed by atoms with E-state index in [4.69, 9.17) is 0 Å². The Kier molecular flexibility index (Phi) is 3.29. The lowest BCUT2D eigenvalue weighted by atomic mass is 10.0. The second-order valence-electron chi connectivity index (χ2n) is 5.51. The van der Waals surface area contributed by atoms with Crippen molar-refractivity contribution in [3.8, 4) is 0 Å². The lowest BCUT2D eigenvalue weighted by Crippen LogP contribution is -2.24. The molecule has 1 aliphatic heterocycles. The van der Waals surface area contributed by atoms with Crippen LogP contribution in [0.2, 0.25) is 0 Å². The molecule has 0 radical (unpaired) electrons. The third-order valence-electron chi connectivity index (χ3n) is 4.28. The normalized spacial score (nSPS) is 25.7. The van der Waals surface area contributed by atoms with Crippen molar-refractivity contribution in [2.24, 2.45) is 11.8 Å². The minimum atomic E-state index is -0.623. The van der Waals surface area contributed by atoms with Gasteiger partial charge < -0.3 is 10.2 Å². The Morgan fingerprint density at radius 1 is 1.26 bits per heavy atom. The highest BCUT2D eigenvalue weighted by atomic mass is 19.1. The average molecular weight is 267 g/mol. The molecule has 0 amide bonds. The predicted molar refractivity (Wildman–Crippen MR) is 71.4 cm³/mol. The van der Waals surface area contributed by atoms with E-state index in [1.54, 1.807) is 0 Å². The molecule has 2 fully saturated rings. The van der Waals surface area contributed by atoms with Gasteiger partial charge in [-0.2, -0.15) is 0 Å². The van der Waals surface area contributed by atoms with Crippen LogP contribution < -0.4 is 10.2 Å². The second-order valence-corrected chi connectivity index (χ2v) is 5.51. The number of nitrogens with one attached hydrogen (secondary N) is 1. The number of fused-ring (bicyclic) bond motifs is 1. The molecular weight excluding hydrogens is 248 g/mol. The molecule has 1 aromatic heterocycles. The number of aromatic nitrogens is 1. The zero-order valence-corrected chi connectivity index (χ0v) is 11.1. The molecule has 1 saturated carbocycles. The molecule has 104 valence electrons. The molecule has 0 bridgehead atoms. The molecule has 3 rings (SSSR count). The number of hydrogen-bond acceptors (Lipinski definition) is 3. The summed E-state index contributed by atoms with van der Waals surface area (Å²) in [6.07, 6.45) is 3.74. The van der Waals surface area contributed by atoms with Gasteiger partial charge in [0.15, 0.2) is 23.3 Å². The van der Waals surface area contributed by atoms with E-state index in [2.05, 4.69) is 10.3 Å². The number of halogens is 2. The van der Waals surface area contributed by atoms with Crippen LogP contribution in [0.5, 0.6) is 0 Å². The highest BCUT2D eigenvalue weighted by Crippen LogP contribution is 2.39. The molecule has 1 aromatic rings. The van der Waals surface area contributed by atoms with Crippen molar-refractivity contribution < 1.29 is 8.78 Å². The van der Waals surface area contributed by atoms with Crippen LogP contribution in [0.3, 0.4) is 0 Å². The first-order valence-corrected chi connectivity index (χ1v) is 7.04. The van der Waals surface area contributed by atoms with Crippen LogP contribution in [0, 0.1) is 23.5 Å². The first kappa shape index (κ1) is 12.6. The summed E-state index contributed by atoms with van der Waals surface area (Å²) in [4.78, 5) is 6.11. The smallest absolute Gasteiger partial charge is 0.168 e. The van der Waals surface area contributed by atoms with Crippen molar-refractivity contribution >= 4 is 11.6 Å². The maximum Gasteiger partial charge on any atom is 0.168 e. The standard InChI is InChI=1S/C14H19F2N3/c1-2-17-13-11(15)6-12(16)14(18-13)19-7-9-4-3-5-10(9)8-19/h6,9-10H,2-5,7-8H2,1H3,(H,17,18). The zero-order valence-electron chi connectivity index (χ0n) is 11.1. The third-order valence-corrected chi connectivity index (χ3v) is 4.28. The Balaban J connectivity index is 1.86. The van der Waals surface area contributed by atoms with Gasteiger partial charge in [0.2, 0.25) is 0 Å². The van der Waals surface area contributed by atoms with Gasteiger partial charge in [0.25, 0.3) is 0 Å². The first-order chi connectivity index (χ1) is 9.19. The van der Waals surface area contributed by atoms with Crippen LogP contribution in [-0.4, -0.2) is 24.6 Å². The highest BCUT2D eigenvalue weighted by molar-refractivity contribution is 5.50.